The van der Waals surface area contributed by atoms with Gasteiger partial charge >= 0.3 is 0 Å². The summed E-state index contributed by atoms with van der Waals surface area (Å²) < 4.78 is 13.0. The van der Waals surface area contributed by atoms with E-state index in [4.69, 9.17) is 0 Å². The predicted molar refractivity (Wildman–Crippen MR) is 92.6 cm³/mol. The molecule has 1 aliphatic rings. The monoisotopic (exact) mass is 348 g/mol. The Bertz CT molecular complexity index is 660. The number of β-amino-alcohol motifs (C(OH)–C–C–N with tert-alkyl or cyclic N) is 1. The van der Waals surface area contributed by atoms with E-state index < -0.39 is 6.10 Å². The van der Waals surface area contributed by atoms with Crippen molar-refractivity contribution in [3.63, 3.8) is 0 Å². The number of nitrogens with zero attached hydrogens (tertiary/aromatic N) is 2. The fourth-order valence-electron chi connectivity index (χ4n) is 2.95. The SMILES string of the molecule is O=C(c1cccs1)N1CCCN(CC(O)c2ccc(F)cc2)CC1. The number of hydrogen-bond donors (Lipinski definition) is 1. The molecule has 1 unspecified atom stereocenters. The van der Waals surface area contributed by atoms with Crippen LogP contribution in [0.4, 0.5) is 4.39 Å². The molecule has 0 saturated carbocycles. The Kier molecular flexibility index (Phi) is 5.60. The van der Waals surface area contributed by atoms with E-state index in [2.05, 4.69) is 4.90 Å². The van der Waals surface area contributed by atoms with Crippen molar-refractivity contribution < 1.29 is 14.3 Å². The Labute approximate surface area is 145 Å². The van der Waals surface area contributed by atoms with Gasteiger partial charge in [-0.2, -0.15) is 0 Å². The Morgan fingerprint density at radius 3 is 2.67 bits per heavy atom. The fourth-order valence-corrected chi connectivity index (χ4v) is 3.64. The van der Waals surface area contributed by atoms with Crippen molar-refractivity contribution in [3.05, 3.63) is 58.0 Å². The van der Waals surface area contributed by atoms with Gasteiger partial charge in [-0.1, -0.05) is 18.2 Å². The summed E-state index contributed by atoms with van der Waals surface area (Å²) >= 11 is 1.47. The standard InChI is InChI=1S/C18H21FN2O2S/c19-15-6-4-14(5-7-15)16(22)13-20-8-2-9-21(11-10-20)18(23)17-3-1-12-24-17/h1,3-7,12,16,22H,2,8-11,13H2. The molecule has 1 atom stereocenters. The van der Waals surface area contributed by atoms with Gasteiger partial charge in [0.15, 0.2) is 0 Å². The molecule has 0 bridgehead atoms. The van der Waals surface area contributed by atoms with Gasteiger partial charge in [-0.3, -0.25) is 9.69 Å². The van der Waals surface area contributed by atoms with E-state index in [1.165, 1.54) is 23.5 Å². The van der Waals surface area contributed by atoms with E-state index in [9.17, 15) is 14.3 Å². The van der Waals surface area contributed by atoms with Gasteiger partial charge in [0.1, 0.15) is 5.82 Å². The highest BCUT2D eigenvalue weighted by Gasteiger charge is 2.22. The summed E-state index contributed by atoms with van der Waals surface area (Å²) in [5, 5.41) is 12.3. The average molecular weight is 348 g/mol. The van der Waals surface area contributed by atoms with Crippen LogP contribution in [0.25, 0.3) is 0 Å². The molecule has 1 aromatic carbocycles. The number of carbonyl (C=O) groups excluding carboxylic acids is 1. The molecule has 2 heterocycles. The third-order valence-electron chi connectivity index (χ3n) is 4.29. The summed E-state index contributed by atoms with van der Waals surface area (Å²) in [4.78, 5) is 17.2. The largest absolute Gasteiger partial charge is 0.387 e. The van der Waals surface area contributed by atoms with Crippen LogP contribution in [-0.4, -0.2) is 53.5 Å². The molecular formula is C18H21FN2O2S. The maximum Gasteiger partial charge on any atom is 0.263 e. The van der Waals surface area contributed by atoms with Crippen LogP contribution in [0.1, 0.15) is 27.8 Å². The lowest BCUT2D eigenvalue weighted by Gasteiger charge is -2.24. The van der Waals surface area contributed by atoms with Gasteiger partial charge in [0, 0.05) is 32.7 Å². The van der Waals surface area contributed by atoms with Crippen LogP contribution in [0.5, 0.6) is 0 Å². The van der Waals surface area contributed by atoms with Crippen molar-refractivity contribution in [2.45, 2.75) is 12.5 Å². The van der Waals surface area contributed by atoms with Crippen LogP contribution in [0, 0.1) is 5.82 Å². The Hall–Kier alpha value is -1.76. The first-order valence-corrected chi connectivity index (χ1v) is 9.00. The predicted octanol–water partition coefficient (Wildman–Crippen LogP) is 2.77. The second-order valence-electron chi connectivity index (χ2n) is 5.99. The zero-order chi connectivity index (χ0) is 16.9. The average Bonchev–Trinajstić information content (AvgIpc) is 3.02. The minimum atomic E-state index is -0.648. The van der Waals surface area contributed by atoms with Crippen molar-refractivity contribution in [2.24, 2.45) is 0 Å². The lowest BCUT2D eigenvalue weighted by Crippen LogP contribution is -2.36. The fraction of sp³-hybridized carbons (Fsp3) is 0.389. The van der Waals surface area contributed by atoms with Gasteiger partial charge in [0.25, 0.3) is 5.91 Å². The molecule has 1 fully saturated rings. The van der Waals surface area contributed by atoms with Crippen molar-refractivity contribution in [2.75, 3.05) is 32.7 Å². The minimum absolute atomic E-state index is 0.0888. The number of benzene rings is 1. The molecule has 1 N–H and O–H groups in total. The normalized spacial score (nSPS) is 17.5. The molecule has 4 nitrogen and oxygen atoms in total. The number of amides is 1. The first-order chi connectivity index (χ1) is 11.6. The number of aliphatic hydroxyl groups is 1. The second kappa shape index (κ2) is 7.88. The zero-order valence-corrected chi connectivity index (χ0v) is 14.2. The van der Waals surface area contributed by atoms with Gasteiger partial charge in [0.05, 0.1) is 11.0 Å². The molecule has 1 aliphatic heterocycles. The Morgan fingerprint density at radius 1 is 1.17 bits per heavy atom. The summed E-state index contributed by atoms with van der Waals surface area (Å²) in [7, 11) is 0. The molecule has 1 saturated heterocycles. The highest BCUT2D eigenvalue weighted by Crippen LogP contribution is 2.17. The topological polar surface area (TPSA) is 43.8 Å². The number of rotatable bonds is 4. The molecule has 0 aliphatic carbocycles. The minimum Gasteiger partial charge on any atom is -0.387 e. The van der Waals surface area contributed by atoms with Gasteiger partial charge in [-0.05, 0) is 35.6 Å². The van der Waals surface area contributed by atoms with Crippen molar-refractivity contribution in [1.29, 1.82) is 0 Å². The van der Waals surface area contributed by atoms with Gasteiger partial charge in [-0.15, -0.1) is 11.3 Å². The van der Waals surface area contributed by atoms with Crippen molar-refractivity contribution in [3.8, 4) is 0 Å². The Balaban J connectivity index is 1.55. The van der Waals surface area contributed by atoms with Crippen LogP contribution in [0.15, 0.2) is 41.8 Å². The summed E-state index contributed by atoms with van der Waals surface area (Å²) in [6, 6.07) is 9.70. The number of aliphatic hydroxyl groups excluding tert-OH is 1. The number of carbonyl (C=O) groups is 1. The van der Waals surface area contributed by atoms with E-state index >= 15 is 0 Å². The number of hydrogen-bond acceptors (Lipinski definition) is 4. The van der Waals surface area contributed by atoms with Crippen molar-refractivity contribution in [1.82, 2.24) is 9.80 Å². The molecule has 0 spiro atoms. The molecule has 0 radical (unpaired) electrons. The lowest BCUT2D eigenvalue weighted by molar-refractivity contribution is 0.0759. The van der Waals surface area contributed by atoms with E-state index in [0.717, 1.165) is 30.9 Å². The smallest absolute Gasteiger partial charge is 0.263 e. The zero-order valence-electron chi connectivity index (χ0n) is 13.4. The lowest BCUT2D eigenvalue weighted by atomic mass is 10.1. The third kappa shape index (κ3) is 4.20. The van der Waals surface area contributed by atoms with Crippen LogP contribution in [0.2, 0.25) is 0 Å². The molecule has 128 valence electrons. The van der Waals surface area contributed by atoms with Crippen LogP contribution < -0.4 is 0 Å². The molecule has 24 heavy (non-hydrogen) atoms. The highest BCUT2D eigenvalue weighted by atomic mass is 32.1. The van der Waals surface area contributed by atoms with Gasteiger partial charge in [0.2, 0.25) is 0 Å². The maximum absolute atomic E-state index is 13.0. The van der Waals surface area contributed by atoms with E-state index in [1.54, 1.807) is 12.1 Å². The summed E-state index contributed by atoms with van der Waals surface area (Å²) in [6.07, 6.45) is 0.234. The van der Waals surface area contributed by atoms with E-state index in [1.807, 2.05) is 22.4 Å². The van der Waals surface area contributed by atoms with E-state index in [-0.39, 0.29) is 11.7 Å². The summed E-state index contributed by atoms with van der Waals surface area (Å²) in [5.41, 5.74) is 0.715. The van der Waals surface area contributed by atoms with Crippen LogP contribution in [0.3, 0.4) is 0 Å². The Morgan fingerprint density at radius 2 is 1.96 bits per heavy atom. The summed E-state index contributed by atoms with van der Waals surface area (Å²) in [6.45, 7) is 3.46. The number of thiophene rings is 1. The van der Waals surface area contributed by atoms with Gasteiger partial charge < -0.3 is 10.0 Å². The summed E-state index contributed by atoms with van der Waals surface area (Å²) in [5.74, 6) is -0.214. The molecule has 1 amide bonds. The first-order valence-electron chi connectivity index (χ1n) is 8.12. The molecule has 2 aromatic rings. The van der Waals surface area contributed by atoms with E-state index in [0.29, 0.717) is 18.7 Å². The maximum atomic E-state index is 13.0. The first kappa shape index (κ1) is 17.1. The molecular weight excluding hydrogens is 327 g/mol. The molecule has 1 aromatic heterocycles. The number of halogens is 1. The molecule has 6 heteroatoms. The third-order valence-corrected chi connectivity index (χ3v) is 5.15. The highest BCUT2D eigenvalue weighted by molar-refractivity contribution is 7.12. The van der Waals surface area contributed by atoms with Crippen LogP contribution in [-0.2, 0) is 0 Å². The van der Waals surface area contributed by atoms with Gasteiger partial charge in [-0.25, -0.2) is 4.39 Å². The van der Waals surface area contributed by atoms with Crippen molar-refractivity contribution >= 4 is 17.2 Å². The molecule has 3 rings (SSSR count). The quantitative estimate of drug-likeness (QED) is 0.924. The van der Waals surface area contributed by atoms with Crippen LogP contribution >= 0.6 is 11.3 Å². The second-order valence-corrected chi connectivity index (χ2v) is 6.94.